The van der Waals surface area contributed by atoms with Gasteiger partial charge in [0, 0.05) is 23.2 Å². The Morgan fingerprint density at radius 1 is 0.700 bits per heavy atom. The van der Waals surface area contributed by atoms with Crippen LogP contribution in [-0.4, -0.2) is 60.9 Å². The average Bonchev–Trinajstić information content (AvgIpc) is 3.74. The van der Waals surface area contributed by atoms with Crippen molar-refractivity contribution in [1.82, 2.24) is 60.2 Å². The normalized spacial score (nSPS) is 12.6. The summed E-state index contributed by atoms with van der Waals surface area (Å²) < 4.78 is 3.52. The number of halogens is 1. The average molecular weight is 686 g/mol. The Morgan fingerprint density at radius 3 is 1.62 bits per heavy atom. The summed E-state index contributed by atoms with van der Waals surface area (Å²) >= 11 is 0. The third kappa shape index (κ3) is 6.01. The number of nitrogens with two attached hydrogens (primary N) is 1. The molecule has 6 aromatic heterocycles. The van der Waals surface area contributed by atoms with Crippen LogP contribution in [0.25, 0.3) is 44.1 Å². The first-order chi connectivity index (χ1) is 23.9. The van der Waals surface area contributed by atoms with E-state index in [4.69, 9.17) is 15.8 Å². The maximum Gasteiger partial charge on any atom is 0.332 e. The zero-order chi connectivity index (χ0) is 33.5. The van der Waals surface area contributed by atoms with Crippen molar-refractivity contribution in [2.75, 3.05) is 0 Å². The minimum absolute atomic E-state index is 0. The van der Waals surface area contributed by atoms with E-state index in [-0.39, 0.29) is 12.4 Å². The molecule has 50 heavy (non-hydrogen) atoms. The van der Waals surface area contributed by atoms with E-state index in [0.717, 1.165) is 32.9 Å². The van der Waals surface area contributed by atoms with Crippen molar-refractivity contribution in [3.8, 4) is 0 Å². The fourth-order valence-electron chi connectivity index (χ4n) is 6.25. The number of carbonyl (C=O) groups excluding carboxylic acids is 1. The molecule has 8 aromatic rings. The van der Waals surface area contributed by atoms with Gasteiger partial charge in [-0.05, 0) is 85.6 Å². The van der Waals surface area contributed by atoms with Gasteiger partial charge in [-0.25, -0.2) is 30.0 Å². The van der Waals surface area contributed by atoms with Gasteiger partial charge in [-0.3, -0.25) is 15.4 Å². The molecule has 0 aliphatic rings. The fraction of sp³-hybridized carbons (Fsp3) is 0.171. The predicted octanol–water partition coefficient (Wildman–Crippen LogP) is 5.29. The number of hydrogen-bond donors (Lipinski definition) is 2. The molecule has 250 valence electrons. The highest BCUT2D eigenvalue weighted by Crippen LogP contribution is 2.31. The van der Waals surface area contributed by atoms with Crippen LogP contribution in [0, 0.1) is 0 Å². The van der Waals surface area contributed by atoms with Gasteiger partial charge >= 0.3 is 6.03 Å². The number of pyridine rings is 4. The monoisotopic (exact) mass is 685 g/mol. The summed E-state index contributed by atoms with van der Waals surface area (Å²) in [6.45, 7) is 4.75. The third-order valence-electron chi connectivity index (χ3n) is 8.81. The molecule has 0 aliphatic heterocycles. The largest absolute Gasteiger partial charge is 0.332 e. The maximum absolute atomic E-state index is 13.4. The summed E-state index contributed by atoms with van der Waals surface area (Å²) in [7, 11) is 0. The molecule has 2 atom stereocenters. The highest BCUT2D eigenvalue weighted by Gasteiger charge is 2.30. The van der Waals surface area contributed by atoms with Gasteiger partial charge in [-0.1, -0.05) is 34.7 Å². The molecule has 2 unspecified atom stereocenters. The van der Waals surface area contributed by atoms with E-state index in [1.165, 1.54) is 0 Å². The maximum atomic E-state index is 13.4. The lowest BCUT2D eigenvalue weighted by atomic mass is 10.1. The van der Waals surface area contributed by atoms with E-state index >= 15 is 0 Å². The Hall–Kier alpha value is -6.12. The number of aromatic nitrogens is 10. The van der Waals surface area contributed by atoms with E-state index in [0.29, 0.717) is 46.8 Å². The zero-order valence-electron chi connectivity index (χ0n) is 27.1. The van der Waals surface area contributed by atoms with Crippen molar-refractivity contribution in [3.63, 3.8) is 0 Å². The van der Waals surface area contributed by atoms with E-state index in [9.17, 15) is 4.79 Å². The van der Waals surface area contributed by atoms with Crippen molar-refractivity contribution in [1.29, 1.82) is 0 Å². The number of carbonyl (C=O) groups is 1. The Balaban J connectivity index is 0.00000392. The molecule has 0 fully saturated rings. The number of amides is 2. The molecular formula is C35H32ClN13O. The van der Waals surface area contributed by atoms with Crippen LogP contribution in [-0.2, 0) is 13.1 Å². The second kappa shape index (κ2) is 13.4. The molecule has 2 aromatic carbocycles. The lowest BCUT2D eigenvalue weighted by Gasteiger charge is -2.33. The van der Waals surface area contributed by atoms with E-state index < -0.39 is 18.1 Å². The second-order valence-corrected chi connectivity index (χ2v) is 11.9. The van der Waals surface area contributed by atoms with Gasteiger partial charge in [-0.15, -0.1) is 22.6 Å². The van der Waals surface area contributed by atoms with Gasteiger partial charge < -0.3 is 4.90 Å². The molecule has 0 radical (unpaired) electrons. The smallest absolute Gasteiger partial charge is 0.307 e. The number of nitrogens with zero attached hydrogens (tertiary/aromatic N) is 11. The SMILES string of the molecule is CC(c1ccc2nnn(Cc3ccc4ncccc4c3)c2n1)N(C(=O)NN)C(C)c1ccc2nnn(Cc3ccc4ncccc4c3)c2n1.Cl. The third-order valence-corrected chi connectivity index (χ3v) is 8.81. The Bertz CT molecular complexity index is 2330. The Kier molecular flexibility index (Phi) is 8.70. The molecule has 0 saturated heterocycles. The summed E-state index contributed by atoms with van der Waals surface area (Å²) in [6.07, 6.45) is 3.56. The number of hydrazine groups is 1. The standard InChI is InChI=1S/C35H31N13O.ClH/c1-21(27-11-13-31-33(39-27)46(44-42-31)19-23-7-9-29-25(17-23)5-3-15-37-29)48(35(49)41-36)22(2)28-12-14-32-34(40-28)47(45-43-32)20-24-8-10-30-26(18-24)6-4-16-38-30;/h3-18,21-22H,19-20,36H2,1-2H3,(H,41,49);1H. The van der Waals surface area contributed by atoms with Crippen LogP contribution >= 0.6 is 12.4 Å². The number of benzene rings is 2. The lowest BCUT2D eigenvalue weighted by Crippen LogP contribution is -2.46. The molecule has 0 spiro atoms. The van der Waals surface area contributed by atoms with Crippen LogP contribution < -0.4 is 11.3 Å². The molecule has 2 amide bonds. The van der Waals surface area contributed by atoms with Crippen LogP contribution in [0.3, 0.4) is 0 Å². The summed E-state index contributed by atoms with van der Waals surface area (Å²) in [5, 5.41) is 19.5. The van der Waals surface area contributed by atoms with Gasteiger partial charge in [0.15, 0.2) is 11.3 Å². The molecule has 0 bridgehead atoms. The first-order valence-electron chi connectivity index (χ1n) is 15.8. The lowest BCUT2D eigenvalue weighted by molar-refractivity contribution is 0.152. The van der Waals surface area contributed by atoms with Gasteiger partial charge in [0.1, 0.15) is 11.0 Å². The second-order valence-electron chi connectivity index (χ2n) is 11.9. The van der Waals surface area contributed by atoms with Crippen LogP contribution in [0.2, 0.25) is 0 Å². The van der Waals surface area contributed by atoms with Crippen LogP contribution in [0.5, 0.6) is 0 Å². The Labute approximate surface area is 291 Å². The van der Waals surface area contributed by atoms with E-state index in [1.807, 2.05) is 86.6 Å². The summed E-state index contributed by atoms with van der Waals surface area (Å²) in [5.41, 5.74) is 10.0. The number of fused-ring (bicyclic) bond motifs is 4. The fourth-order valence-corrected chi connectivity index (χ4v) is 6.25. The molecule has 8 rings (SSSR count). The first kappa shape index (κ1) is 32.4. The van der Waals surface area contributed by atoms with Crippen molar-refractivity contribution in [2.45, 2.75) is 39.0 Å². The highest BCUT2D eigenvalue weighted by atomic mass is 35.5. The predicted molar refractivity (Wildman–Crippen MR) is 191 cm³/mol. The molecule has 15 heteroatoms. The van der Waals surface area contributed by atoms with E-state index in [1.54, 1.807) is 26.7 Å². The van der Waals surface area contributed by atoms with Crippen LogP contribution in [0.4, 0.5) is 4.79 Å². The van der Waals surface area contributed by atoms with Gasteiger partial charge in [0.05, 0.1) is 47.6 Å². The van der Waals surface area contributed by atoms with Crippen molar-refractivity contribution < 1.29 is 4.79 Å². The number of urea groups is 1. The van der Waals surface area contributed by atoms with Crippen molar-refractivity contribution >= 4 is 62.6 Å². The van der Waals surface area contributed by atoms with E-state index in [2.05, 4.69) is 48.2 Å². The molecule has 0 aliphatic carbocycles. The number of rotatable bonds is 8. The minimum atomic E-state index is -0.496. The van der Waals surface area contributed by atoms with Gasteiger partial charge in [0.25, 0.3) is 0 Å². The van der Waals surface area contributed by atoms with Crippen molar-refractivity contribution in [3.05, 3.63) is 120 Å². The molecular weight excluding hydrogens is 654 g/mol. The minimum Gasteiger partial charge on any atom is -0.307 e. The quantitative estimate of drug-likeness (QED) is 0.122. The molecule has 0 saturated carbocycles. The highest BCUT2D eigenvalue weighted by molar-refractivity contribution is 5.85. The number of nitrogens with one attached hydrogen (secondary N) is 1. The zero-order valence-corrected chi connectivity index (χ0v) is 27.9. The number of hydrogen-bond acceptors (Lipinski definition) is 10. The summed E-state index contributed by atoms with van der Waals surface area (Å²) in [4.78, 5) is 33.7. The summed E-state index contributed by atoms with van der Waals surface area (Å²) in [5.74, 6) is 5.71. The van der Waals surface area contributed by atoms with Crippen molar-refractivity contribution in [2.24, 2.45) is 5.84 Å². The molecule has 6 heterocycles. The Morgan fingerprint density at radius 2 is 1.16 bits per heavy atom. The summed E-state index contributed by atoms with van der Waals surface area (Å²) in [6, 6.07) is 26.1. The van der Waals surface area contributed by atoms with Gasteiger partial charge in [-0.2, -0.15) is 0 Å². The molecule has 14 nitrogen and oxygen atoms in total. The van der Waals surface area contributed by atoms with Crippen LogP contribution in [0.15, 0.2) is 97.3 Å². The molecule has 3 N–H and O–H groups in total. The topological polar surface area (TPSA) is 171 Å². The first-order valence-corrected chi connectivity index (χ1v) is 15.8. The van der Waals surface area contributed by atoms with Crippen LogP contribution in [0.1, 0.15) is 48.4 Å². The van der Waals surface area contributed by atoms with Gasteiger partial charge in [0.2, 0.25) is 0 Å².